The maximum atomic E-state index is 12.2. The molecule has 2 aromatic carbocycles. The second-order valence-electron chi connectivity index (χ2n) is 6.25. The maximum Gasteiger partial charge on any atom is 0.271 e. The number of rotatable bonds is 5. The van der Waals surface area contributed by atoms with Crippen molar-refractivity contribution in [1.29, 1.82) is 0 Å². The predicted octanol–water partition coefficient (Wildman–Crippen LogP) is 3.01. The Hall–Kier alpha value is -3.15. The van der Waals surface area contributed by atoms with Crippen molar-refractivity contribution in [3.05, 3.63) is 59.7 Å². The number of nitrogens with zero attached hydrogens (tertiary/aromatic N) is 2. The van der Waals surface area contributed by atoms with Gasteiger partial charge in [-0.25, -0.2) is 5.43 Å². The van der Waals surface area contributed by atoms with E-state index in [1.807, 2.05) is 12.1 Å². The standard InChI is InChI=1S/C20H22N4O2/c1-15(25)22-18-6-4-5-17(13-18)20(26)23-21-14-16-7-9-19(10-8-16)24-11-2-3-12-24/h4-10,13-14H,2-3,11-12H2,1H3,(H,22,25)(H,23,26). The summed E-state index contributed by atoms with van der Waals surface area (Å²) in [7, 11) is 0. The molecule has 0 aliphatic carbocycles. The van der Waals surface area contributed by atoms with E-state index in [4.69, 9.17) is 0 Å². The van der Waals surface area contributed by atoms with E-state index < -0.39 is 0 Å². The number of carbonyl (C=O) groups excluding carboxylic acids is 2. The molecule has 1 aliphatic rings. The monoisotopic (exact) mass is 350 g/mol. The fourth-order valence-electron chi connectivity index (χ4n) is 2.92. The third-order valence-electron chi connectivity index (χ3n) is 4.19. The number of anilines is 2. The van der Waals surface area contributed by atoms with Gasteiger partial charge in [0, 0.05) is 37.0 Å². The molecule has 0 unspecified atom stereocenters. The molecule has 0 aromatic heterocycles. The molecule has 1 saturated heterocycles. The molecule has 3 rings (SSSR count). The molecule has 2 aromatic rings. The fourth-order valence-corrected chi connectivity index (χ4v) is 2.92. The molecule has 0 bridgehead atoms. The SMILES string of the molecule is CC(=O)Nc1cccc(C(=O)NN=Cc2ccc(N3CCCC3)cc2)c1. The molecule has 1 fully saturated rings. The highest BCUT2D eigenvalue weighted by molar-refractivity contribution is 5.97. The van der Waals surface area contributed by atoms with E-state index in [9.17, 15) is 9.59 Å². The third kappa shape index (κ3) is 4.69. The molecule has 0 saturated carbocycles. The van der Waals surface area contributed by atoms with Gasteiger partial charge in [-0.15, -0.1) is 0 Å². The smallest absolute Gasteiger partial charge is 0.271 e. The van der Waals surface area contributed by atoms with Gasteiger partial charge in [0.15, 0.2) is 0 Å². The quantitative estimate of drug-likeness (QED) is 0.643. The van der Waals surface area contributed by atoms with Gasteiger partial charge in [0.25, 0.3) is 5.91 Å². The molecule has 2 N–H and O–H groups in total. The zero-order valence-electron chi connectivity index (χ0n) is 14.7. The maximum absolute atomic E-state index is 12.2. The van der Waals surface area contributed by atoms with Crippen molar-refractivity contribution in [2.24, 2.45) is 5.10 Å². The minimum Gasteiger partial charge on any atom is -0.372 e. The number of benzene rings is 2. The van der Waals surface area contributed by atoms with Crippen molar-refractivity contribution in [2.75, 3.05) is 23.3 Å². The number of hydrogen-bond donors (Lipinski definition) is 2. The molecule has 6 heteroatoms. The Labute approximate surface area is 152 Å². The van der Waals surface area contributed by atoms with E-state index in [1.54, 1.807) is 30.5 Å². The molecule has 1 aliphatic heterocycles. The Bertz CT molecular complexity index is 809. The Morgan fingerprint density at radius 3 is 2.50 bits per heavy atom. The van der Waals surface area contributed by atoms with Gasteiger partial charge in [0.2, 0.25) is 5.91 Å². The van der Waals surface area contributed by atoms with Crippen LogP contribution >= 0.6 is 0 Å². The summed E-state index contributed by atoms with van der Waals surface area (Å²) in [6, 6.07) is 14.8. The van der Waals surface area contributed by atoms with Crippen LogP contribution in [0.3, 0.4) is 0 Å². The minimum atomic E-state index is -0.331. The van der Waals surface area contributed by atoms with Crippen molar-refractivity contribution in [2.45, 2.75) is 19.8 Å². The Kier molecular flexibility index (Phi) is 5.63. The predicted molar refractivity (Wildman–Crippen MR) is 104 cm³/mol. The van der Waals surface area contributed by atoms with E-state index in [0.717, 1.165) is 18.7 Å². The normalized spacial score (nSPS) is 13.8. The lowest BCUT2D eigenvalue weighted by atomic mass is 10.2. The van der Waals surface area contributed by atoms with Crippen LogP contribution in [0.1, 0.15) is 35.7 Å². The molecule has 26 heavy (non-hydrogen) atoms. The zero-order valence-corrected chi connectivity index (χ0v) is 14.7. The summed E-state index contributed by atoms with van der Waals surface area (Å²) >= 11 is 0. The first-order valence-electron chi connectivity index (χ1n) is 8.68. The lowest BCUT2D eigenvalue weighted by Gasteiger charge is -2.17. The van der Waals surface area contributed by atoms with Crippen LogP contribution in [-0.2, 0) is 4.79 Å². The summed E-state index contributed by atoms with van der Waals surface area (Å²) in [5.41, 5.74) is 5.65. The number of hydrazone groups is 1. The minimum absolute atomic E-state index is 0.182. The van der Waals surface area contributed by atoms with Gasteiger partial charge in [-0.1, -0.05) is 18.2 Å². The highest BCUT2D eigenvalue weighted by Crippen LogP contribution is 2.19. The number of hydrogen-bond acceptors (Lipinski definition) is 4. The summed E-state index contributed by atoms with van der Waals surface area (Å²) in [5, 5.41) is 6.66. The van der Waals surface area contributed by atoms with E-state index in [2.05, 4.69) is 32.9 Å². The van der Waals surface area contributed by atoms with Gasteiger partial charge >= 0.3 is 0 Å². The van der Waals surface area contributed by atoms with Crippen molar-refractivity contribution in [1.82, 2.24) is 5.43 Å². The van der Waals surface area contributed by atoms with Crippen LogP contribution in [0.4, 0.5) is 11.4 Å². The molecule has 1 heterocycles. The molecule has 0 radical (unpaired) electrons. The van der Waals surface area contributed by atoms with Crippen LogP contribution in [0.15, 0.2) is 53.6 Å². The highest BCUT2D eigenvalue weighted by Gasteiger charge is 2.11. The first-order chi connectivity index (χ1) is 12.6. The Morgan fingerprint density at radius 2 is 1.81 bits per heavy atom. The van der Waals surface area contributed by atoms with Gasteiger partial charge < -0.3 is 10.2 Å². The van der Waals surface area contributed by atoms with Crippen molar-refractivity contribution in [3.8, 4) is 0 Å². The topological polar surface area (TPSA) is 73.8 Å². The van der Waals surface area contributed by atoms with Crippen LogP contribution in [-0.4, -0.2) is 31.1 Å². The summed E-state index contributed by atoms with van der Waals surface area (Å²) in [4.78, 5) is 25.6. The summed E-state index contributed by atoms with van der Waals surface area (Å²) < 4.78 is 0. The fraction of sp³-hybridized carbons (Fsp3) is 0.250. The van der Waals surface area contributed by atoms with Gasteiger partial charge in [-0.3, -0.25) is 9.59 Å². The number of amides is 2. The van der Waals surface area contributed by atoms with Crippen LogP contribution < -0.4 is 15.6 Å². The number of nitrogens with one attached hydrogen (secondary N) is 2. The van der Waals surface area contributed by atoms with Gasteiger partial charge in [0.1, 0.15) is 0 Å². The first kappa shape index (κ1) is 17.7. The third-order valence-corrected chi connectivity index (χ3v) is 4.19. The van der Waals surface area contributed by atoms with E-state index in [-0.39, 0.29) is 11.8 Å². The van der Waals surface area contributed by atoms with Gasteiger partial charge in [-0.2, -0.15) is 5.10 Å². The van der Waals surface area contributed by atoms with E-state index in [1.165, 1.54) is 25.5 Å². The molecule has 0 spiro atoms. The highest BCUT2D eigenvalue weighted by atomic mass is 16.2. The lowest BCUT2D eigenvalue weighted by Crippen LogP contribution is -2.18. The van der Waals surface area contributed by atoms with Crippen molar-refractivity contribution >= 4 is 29.4 Å². The zero-order chi connectivity index (χ0) is 18.4. The summed E-state index contributed by atoms with van der Waals surface area (Å²) in [6.07, 6.45) is 4.11. The van der Waals surface area contributed by atoms with Crippen LogP contribution in [0, 0.1) is 0 Å². The van der Waals surface area contributed by atoms with E-state index >= 15 is 0 Å². The average molecular weight is 350 g/mol. The van der Waals surface area contributed by atoms with E-state index in [0.29, 0.717) is 11.3 Å². The lowest BCUT2D eigenvalue weighted by molar-refractivity contribution is -0.114. The first-order valence-corrected chi connectivity index (χ1v) is 8.68. The van der Waals surface area contributed by atoms with Crippen LogP contribution in [0.2, 0.25) is 0 Å². The summed E-state index contributed by atoms with van der Waals surface area (Å²) in [5.74, 6) is -0.514. The van der Waals surface area contributed by atoms with Gasteiger partial charge in [0.05, 0.1) is 6.21 Å². The molecule has 0 atom stereocenters. The van der Waals surface area contributed by atoms with Crippen molar-refractivity contribution in [3.63, 3.8) is 0 Å². The molecule has 134 valence electrons. The Morgan fingerprint density at radius 1 is 1.08 bits per heavy atom. The van der Waals surface area contributed by atoms with Crippen LogP contribution in [0.25, 0.3) is 0 Å². The summed E-state index contributed by atoms with van der Waals surface area (Å²) in [6.45, 7) is 3.65. The Balaban J connectivity index is 1.57. The average Bonchev–Trinajstić information content (AvgIpc) is 3.16. The molecular weight excluding hydrogens is 328 g/mol. The number of carbonyl (C=O) groups is 2. The largest absolute Gasteiger partial charge is 0.372 e. The van der Waals surface area contributed by atoms with Crippen molar-refractivity contribution < 1.29 is 9.59 Å². The second-order valence-corrected chi connectivity index (χ2v) is 6.25. The van der Waals surface area contributed by atoms with Gasteiger partial charge in [-0.05, 0) is 48.7 Å². The van der Waals surface area contributed by atoms with Crippen LogP contribution in [0.5, 0.6) is 0 Å². The molecular formula is C20H22N4O2. The second kappa shape index (κ2) is 8.29. The molecule has 2 amide bonds. The molecule has 6 nitrogen and oxygen atoms in total.